The number of aliphatic hydroxyl groups is 6. The van der Waals surface area contributed by atoms with Gasteiger partial charge in [0.15, 0.2) is 31.5 Å². The number of aliphatic hydroxyl groups excluding tert-OH is 6. The molecule has 6 aliphatic heterocycles. The highest BCUT2D eigenvalue weighted by molar-refractivity contribution is 5.17. The van der Waals surface area contributed by atoms with Crippen LogP contribution in [0.5, 0.6) is 0 Å². The Morgan fingerprint density at radius 3 is 1.49 bits per heavy atom. The Balaban J connectivity index is 0.938. The Morgan fingerprint density at radius 2 is 0.922 bits per heavy atom. The fraction of sp³-hybridized carbons (Fsp3) is 0.769. The highest BCUT2D eigenvalue weighted by Crippen LogP contribution is 2.40. The van der Waals surface area contributed by atoms with Gasteiger partial charge in [0, 0.05) is 55.3 Å². The third kappa shape index (κ3) is 13.4. The molecule has 6 heterocycles. The molecule has 0 spiro atoms. The Bertz CT molecular complexity index is 2010. The van der Waals surface area contributed by atoms with Crippen molar-refractivity contribution in [3.63, 3.8) is 0 Å². The standard InChI is InChI=1S/C52H78O25/c1-25-37(60-3)43(61-4)42(31(68-25)23-66-21-26-15-11-9-12-16-26)77-52-47(65-8)45(63-6)41(30(72-52)22-59-2)76-51-46(64-7)44(62-5)40(29(20-54)70-51)75-49-35(57)33(55)38(28(19-53)69-49)74-50-36(58)34(56)39-32(71-50)24-67-48(73-39)27-17-13-10-14-18-27/h9-18,25,28-58H,19-24H2,1-8H3/t25-,28?,29-,30-,31?,32?,33+,34+,35?,36?,37?,38+,39+,40+,41+,42+,43+,44?,45?,46?,47?,48?,49-,50-,51+,52-/m0/s1. The number of hydrogen-bond donors (Lipinski definition) is 6. The van der Waals surface area contributed by atoms with Crippen LogP contribution in [-0.2, 0) is 96.6 Å². The molecule has 8 rings (SSSR count). The first-order valence-electron chi connectivity index (χ1n) is 25.8. The van der Waals surface area contributed by atoms with Crippen LogP contribution in [-0.4, -0.2) is 267 Å². The Hall–Kier alpha value is -2.56. The van der Waals surface area contributed by atoms with Gasteiger partial charge in [-0.3, -0.25) is 0 Å². The molecule has 0 aliphatic carbocycles. The second-order valence-electron chi connectivity index (χ2n) is 19.6. The molecule has 11 unspecified atom stereocenters. The van der Waals surface area contributed by atoms with Crippen molar-refractivity contribution in [3.8, 4) is 0 Å². The van der Waals surface area contributed by atoms with E-state index in [1.165, 1.54) is 35.5 Å². The van der Waals surface area contributed by atoms with Crippen LogP contribution in [0.25, 0.3) is 0 Å². The summed E-state index contributed by atoms with van der Waals surface area (Å²) in [6, 6.07) is 18.8. The molecule has 0 saturated carbocycles. The maximum atomic E-state index is 11.6. The number of hydrogen-bond acceptors (Lipinski definition) is 25. The highest BCUT2D eigenvalue weighted by atomic mass is 16.8. The lowest BCUT2D eigenvalue weighted by molar-refractivity contribution is -0.400. The van der Waals surface area contributed by atoms with Gasteiger partial charge in [-0.1, -0.05) is 60.7 Å². The van der Waals surface area contributed by atoms with Crippen molar-refractivity contribution in [2.45, 2.75) is 173 Å². The van der Waals surface area contributed by atoms with Crippen molar-refractivity contribution in [1.82, 2.24) is 0 Å². The van der Waals surface area contributed by atoms with Gasteiger partial charge in [-0.25, -0.2) is 0 Å². The van der Waals surface area contributed by atoms with Gasteiger partial charge in [0.1, 0.15) is 122 Å². The van der Waals surface area contributed by atoms with Gasteiger partial charge in [0.2, 0.25) is 0 Å². The maximum Gasteiger partial charge on any atom is 0.187 e. The molecule has 6 saturated heterocycles. The Labute approximate surface area is 447 Å². The summed E-state index contributed by atoms with van der Waals surface area (Å²) in [7, 11) is 10.3. The van der Waals surface area contributed by atoms with Crippen molar-refractivity contribution in [1.29, 1.82) is 0 Å². The van der Waals surface area contributed by atoms with Gasteiger partial charge >= 0.3 is 0 Å². The van der Waals surface area contributed by atoms with Gasteiger partial charge in [-0.05, 0) is 12.5 Å². The fourth-order valence-electron chi connectivity index (χ4n) is 11.1. The molecule has 2 aromatic rings. The molecule has 77 heavy (non-hydrogen) atoms. The first-order chi connectivity index (χ1) is 37.4. The summed E-state index contributed by atoms with van der Waals surface area (Å²) in [6.45, 7) is 0.820. The van der Waals surface area contributed by atoms with Crippen molar-refractivity contribution < 1.29 is 121 Å². The van der Waals surface area contributed by atoms with Gasteiger partial charge in [0.25, 0.3) is 0 Å². The number of benzene rings is 2. The largest absolute Gasteiger partial charge is 0.394 e. The summed E-state index contributed by atoms with van der Waals surface area (Å²) in [5, 5.41) is 66.9. The molecule has 0 aromatic heterocycles. The Kier molecular flexibility index (Phi) is 22.3. The minimum absolute atomic E-state index is 0.0359. The monoisotopic (exact) mass is 1100 g/mol. The lowest BCUT2D eigenvalue weighted by Gasteiger charge is -2.51. The number of fused-ring (bicyclic) bond motifs is 1. The quantitative estimate of drug-likeness (QED) is 0.0755. The topological polar surface area (TPSA) is 297 Å². The van der Waals surface area contributed by atoms with Crippen LogP contribution in [0.1, 0.15) is 24.3 Å². The van der Waals surface area contributed by atoms with Crippen LogP contribution in [0.2, 0.25) is 0 Å². The zero-order valence-corrected chi connectivity index (χ0v) is 44.5. The summed E-state index contributed by atoms with van der Waals surface area (Å²) in [5.41, 5.74) is 1.68. The zero-order valence-electron chi connectivity index (χ0n) is 44.5. The van der Waals surface area contributed by atoms with Crippen LogP contribution < -0.4 is 0 Å². The van der Waals surface area contributed by atoms with E-state index in [1.807, 2.05) is 55.5 Å². The zero-order chi connectivity index (χ0) is 54.9. The van der Waals surface area contributed by atoms with Crippen LogP contribution in [0.4, 0.5) is 0 Å². The van der Waals surface area contributed by atoms with Crippen molar-refractivity contribution >= 4 is 0 Å². The molecular formula is C52H78O25. The Morgan fingerprint density at radius 1 is 0.455 bits per heavy atom. The summed E-state index contributed by atoms with van der Waals surface area (Å²) < 4.78 is 117. The second-order valence-corrected chi connectivity index (χ2v) is 19.6. The number of methoxy groups -OCH3 is 7. The molecule has 0 amide bonds. The second kappa shape index (κ2) is 28.4. The van der Waals surface area contributed by atoms with E-state index in [-0.39, 0.29) is 19.8 Å². The molecule has 6 fully saturated rings. The van der Waals surface area contributed by atoms with E-state index in [9.17, 15) is 30.6 Å². The average molecular weight is 1100 g/mol. The van der Waals surface area contributed by atoms with E-state index in [2.05, 4.69) is 0 Å². The van der Waals surface area contributed by atoms with Crippen LogP contribution in [0.15, 0.2) is 60.7 Å². The first kappa shape index (κ1) is 60.5. The third-order valence-corrected chi connectivity index (χ3v) is 15.0. The van der Waals surface area contributed by atoms with Crippen LogP contribution in [0.3, 0.4) is 0 Å². The van der Waals surface area contributed by atoms with Gasteiger partial charge in [0.05, 0.1) is 45.7 Å². The summed E-state index contributed by atoms with van der Waals surface area (Å²) in [5.74, 6) is 0. The minimum Gasteiger partial charge on any atom is -0.394 e. The molecule has 25 heteroatoms. The van der Waals surface area contributed by atoms with Gasteiger partial charge in [-0.15, -0.1) is 0 Å². The molecular weight excluding hydrogens is 1020 g/mol. The SMILES string of the molecule is COC[C@@H]1O[C@@H](O[C@@H]2C(COCc3ccccc3)O[C@@H](C)C(OC)[C@H]2OC)C(OC)C(OC)[C@@H]1O[C@H]1O[C@@H](CO)[C@@H](O[C@@H]2OC(CO)[C@@H](O[C@@H]3OC4COC(c5ccccc5)O[C@H]4[C@H](O)C3O)[C@H](O)C2O)C(OC)C1OC. The third-order valence-electron chi connectivity index (χ3n) is 15.0. The fourth-order valence-corrected chi connectivity index (χ4v) is 11.1. The van der Waals surface area contributed by atoms with E-state index >= 15 is 0 Å². The molecule has 436 valence electrons. The molecule has 0 bridgehead atoms. The lowest BCUT2D eigenvalue weighted by atomic mass is 9.94. The summed E-state index contributed by atoms with van der Waals surface area (Å²) in [4.78, 5) is 0. The van der Waals surface area contributed by atoms with Crippen molar-refractivity contribution in [3.05, 3.63) is 71.8 Å². The number of ether oxygens (including phenoxy) is 19. The van der Waals surface area contributed by atoms with Crippen molar-refractivity contribution in [2.75, 3.05) is 82.8 Å². The average Bonchev–Trinajstić information content (AvgIpc) is 3.45. The van der Waals surface area contributed by atoms with Crippen molar-refractivity contribution in [2.24, 2.45) is 0 Å². The van der Waals surface area contributed by atoms with Gasteiger partial charge < -0.3 is 121 Å². The predicted molar refractivity (Wildman–Crippen MR) is 259 cm³/mol. The summed E-state index contributed by atoms with van der Waals surface area (Å²) in [6.07, 6.45) is -30.0. The molecule has 26 atom stereocenters. The van der Waals surface area contributed by atoms with E-state index in [0.717, 1.165) is 5.56 Å². The maximum absolute atomic E-state index is 11.6. The smallest absolute Gasteiger partial charge is 0.187 e. The van der Waals surface area contributed by atoms with E-state index in [0.29, 0.717) is 12.2 Å². The van der Waals surface area contributed by atoms with E-state index < -0.39 is 173 Å². The summed E-state index contributed by atoms with van der Waals surface area (Å²) >= 11 is 0. The molecule has 0 radical (unpaired) electrons. The molecule has 6 N–H and O–H groups in total. The highest BCUT2D eigenvalue weighted by Gasteiger charge is 2.58. The lowest BCUT2D eigenvalue weighted by Crippen LogP contribution is -2.68. The van der Waals surface area contributed by atoms with E-state index in [1.54, 1.807) is 26.4 Å². The first-order valence-corrected chi connectivity index (χ1v) is 25.8. The van der Waals surface area contributed by atoms with Crippen LogP contribution in [0, 0.1) is 0 Å². The molecule has 2 aromatic carbocycles. The number of rotatable bonds is 23. The van der Waals surface area contributed by atoms with Gasteiger partial charge in [-0.2, -0.15) is 0 Å². The molecule has 25 nitrogen and oxygen atoms in total. The van der Waals surface area contributed by atoms with Crippen LogP contribution >= 0.6 is 0 Å². The minimum atomic E-state index is -1.88. The normalized spacial score (nSPS) is 43.7. The van der Waals surface area contributed by atoms with E-state index in [4.69, 9.17) is 90.0 Å². The molecule has 6 aliphatic rings. The predicted octanol–water partition coefficient (Wildman–Crippen LogP) is -1.29.